The van der Waals surface area contributed by atoms with Crippen LogP contribution in [0.5, 0.6) is 5.75 Å². The van der Waals surface area contributed by atoms with E-state index in [0.717, 1.165) is 5.56 Å². The summed E-state index contributed by atoms with van der Waals surface area (Å²) in [7, 11) is 0. The second kappa shape index (κ2) is 7.47. The monoisotopic (exact) mass is 327 g/mol. The fourth-order valence-electron chi connectivity index (χ4n) is 2.13. The zero-order valence-electron chi connectivity index (χ0n) is 12.9. The van der Waals surface area contributed by atoms with Crippen molar-refractivity contribution >= 4 is 29.9 Å². The maximum Gasteiger partial charge on any atom is 0.265 e. The van der Waals surface area contributed by atoms with E-state index in [1.54, 1.807) is 13.0 Å². The van der Waals surface area contributed by atoms with Crippen LogP contribution in [0.4, 0.5) is 5.69 Å². The Morgan fingerprint density at radius 1 is 1.45 bits per heavy atom. The summed E-state index contributed by atoms with van der Waals surface area (Å²) < 4.78 is 5.69. The first kappa shape index (κ1) is 18.3. The number of fused-ring (bicyclic) bond motifs is 1. The van der Waals surface area contributed by atoms with Crippen LogP contribution in [0.2, 0.25) is 0 Å². The molecule has 1 aliphatic heterocycles. The minimum absolute atomic E-state index is 0. The molecule has 7 heteroatoms. The van der Waals surface area contributed by atoms with E-state index in [1.165, 1.54) is 0 Å². The molecule has 122 valence electrons. The number of benzene rings is 1. The molecular weight excluding hydrogens is 306 g/mol. The van der Waals surface area contributed by atoms with Gasteiger partial charge in [0.05, 0.1) is 17.8 Å². The molecule has 0 spiro atoms. The predicted octanol–water partition coefficient (Wildman–Crippen LogP) is 1.74. The van der Waals surface area contributed by atoms with E-state index >= 15 is 0 Å². The maximum atomic E-state index is 11.7. The number of halogens is 1. The summed E-state index contributed by atoms with van der Waals surface area (Å²) in [4.78, 5) is 23.4. The highest BCUT2D eigenvalue weighted by atomic mass is 35.5. The summed E-state index contributed by atoms with van der Waals surface area (Å²) in [5.41, 5.74) is 7.09. The van der Waals surface area contributed by atoms with Crippen LogP contribution in [0.25, 0.3) is 0 Å². The molecule has 0 aliphatic carbocycles. The quantitative estimate of drug-likeness (QED) is 0.785. The third-order valence-corrected chi connectivity index (χ3v) is 3.47. The van der Waals surface area contributed by atoms with Crippen molar-refractivity contribution in [1.82, 2.24) is 5.32 Å². The first-order valence-corrected chi connectivity index (χ1v) is 7.09. The highest BCUT2D eigenvalue weighted by molar-refractivity contribution is 5.97. The van der Waals surface area contributed by atoms with Crippen LogP contribution in [-0.4, -0.2) is 24.0 Å². The van der Waals surface area contributed by atoms with Crippen molar-refractivity contribution < 1.29 is 14.3 Å². The van der Waals surface area contributed by atoms with E-state index in [9.17, 15) is 9.59 Å². The fourth-order valence-corrected chi connectivity index (χ4v) is 2.13. The number of nitrogens with one attached hydrogen (secondary N) is 2. The van der Waals surface area contributed by atoms with E-state index in [0.29, 0.717) is 17.9 Å². The van der Waals surface area contributed by atoms with Gasteiger partial charge >= 0.3 is 0 Å². The summed E-state index contributed by atoms with van der Waals surface area (Å²) in [5, 5.41) is 5.64. The smallest absolute Gasteiger partial charge is 0.265 e. The number of hydrogen-bond acceptors (Lipinski definition) is 4. The highest BCUT2D eigenvalue weighted by Crippen LogP contribution is 2.32. The van der Waals surface area contributed by atoms with Gasteiger partial charge < -0.3 is 21.1 Å². The number of anilines is 1. The molecule has 2 rings (SSSR count). The number of carbonyl (C=O) groups excluding carboxylic acids is 2. The molecule has 1 aromatic carbocycles. The Morgan fingerprint density at radius 3 is 2.73 bits per heavy atom. The number of ether oxygens (including phenoxy) is 1. The van der Waals surface area contributed by atoms with E-state index in [4.69, 9.17) is 10.5 Å². The molecule has 0 saturated heterocycles. The minimum Gasteiger partial charge on any atom is -0.478 e. The van der Waals surface area contributed by atoms with Crippen LogP contribution in [0, 0.1) is 0 Å². The van der Waals surface area contributed by atoms with Crippen molar-refractivity contribution in [3.05, 3.63) is 23.8 Å². The van der Waals surface area contributed by atoms with Gasteiger partial charge in [0.2, 0.25) is 5.91 Å². The van der Waals surface area contributed by atoms with Gasteiger partial charge in [-0.25, -0.2) is 0 Å². The summed E-state index contributed by atoms with van der Waals surface area (Å²) >= 11 is 0. The fraction of sp³-hybridized carbons (Fsp3) is 0.467. The van der Waals surface area contributed by atoms with Gasteiger partial charge in [-0.15, -0.1) is 12.4 Å². The Kier molecular flexibility index (Phi) is 6.20. The molecule has 1 heterocycles. The molecule has 0 radical (unpaired) electrons. The molecule has 1 aromatic rings. The van der Waals surface area contributed by atoms with Gasteiger partial charge in [0.1, 0.15) is 5.75 Å². The van der Waals surface area contributed by atoms with Gasteiger partial charge in [-0.3, -0.25) is 9.59 Å². The SMILES string of the molecule is CCC1Oc2cc(C(C)NC(=O)[C@H](C)N)ccc2NC1=O.Cl. The lowest BCUT2D eigenvalue weighted by molar-refractivity contribution is -0.123. The summed E-state index contributed by atoms with van der Waals surface area (Å²) in [6, 6.07) is 4.73. The molecule has 4 N–H and O–H groups in total. The standard InChI is InChI=1S/C15H21N3O3.ClH/c1-4-12-15(20)18-11-6-5-10(7-13(11)21-12)9(3)17-14(19)8(2)16;/h5-9,12H,4,16H2,1-3H3,(H,17,19)(H,18,20);1H/t8-,9?,12?;/m0./s1. The maximum absolute atomic E-state index is 11.7. The summed E-state index contributed by atoms with van der Waals surface area (Å²) in [6.45, 7) is 5.41. The largest absolute Gasteiger partial charge is 0.478 e. The zero-order valence-corrected chi connectivity index (χ0v) is 13.7. The molecule has 2 amide bonds. The Bertz CT molecular complexity index is 563. The molecule has 2 unspecified atom stereocenters. The number of carbonyl (C=O) groups is 2. The van der Waals surface area contributed by atoms with Crippen molar-refractivity contribution in [2.75, 3.05) is 5.32 Å². The molecule has 1 aliphatic rings. The molecule has 0 aromatic heterocycles. The van der Waals surface area contributed by atoms with Gasteiger partial charge in [-0.2, -0.15) is 0 Å². The molecule has 0 saturated carbocycles. The lowest BCUT2D eigenvalue weighted by atomic mass is 10.1. The first-order chi connectivity index (χ1) is 9.92. The van der Waals surface area contributed by atoms with Gasteiger partial charge in [-0.1, -0.05) is 13.0 Å². The minimum atomic E-state index is -0.551. The van der Waals surface area contributed by atoms with Crippen LogP contribution < -0.4 is 21.1 Å². The first-order valence-electron chi connectivity index (χ1n) is 7.09. The average molecular weight is 328 g/mol. The van der Waals surface area contributed by atoms with E-state index in [1.807, 2.05) is 26.0 Å². The molecular formula is C15H22ClN3O3. The van der Waals surface area contributed by atoms with Gasteiger partial charge in [0, 0.05) is 0 Å². The predicted molar refractivity (Wildman–Crippen MR) is 87.2 cm³/mol. The number of hydrogen-bond donors (Lipinski definition) is 3. The van der Waals surface area contributed by atoms with E-state index < -0.39 is 12.1 Å². The van der Waals surface area contributed by atoms with Crippen LogP contribution in [0.3, 0.4) is 0 Å². The Balaban J connectivity index is 0.00000242. The molecule has 3 atom stereocenters. The van der Waals surface area contributed by atoms with Crippen LogP contribution in [0.1, 0.15) is 38.8 Å². The average Bonchev–Trinajstić information content (AvgIpc) is 2.45. The lowest BCUT2D eigenvalue weighted by Crippen LogP contribution is -2.39. The second-order valence-corrected chi connectivity index (χ2v) is 5.28. The Morgan fingerprint density at radius 2 is 2.14 bits per heavy atom. The van der Waals surface area contributed by atoms with Gasteiger partial charge in [0.15, 0.2) is 6.10 Å². The lowest BCUT2D eigenvalue weighted by Gasteiger charge is -2.26. The number of rotatable bonds is 4. The van der Waals surface area contributed by atoms with E-state index in [2.05, 4.69) is 10.6 Å². The molecule has 0 fully saturated rings. The van der Waals surface area contributed by atoms with Crippen molar-refractivity contribution in [3.63, 3.8) is 0 Å². The molecule has 6 nitrogen and oxygen atoms in total. The normalized spacial score (nSPS) is 18.9. The van der Waals surface area contributed by atoms with Crippen LogP contribution >= 0.6 is 12.4 Å². The van der Waals surface area contributed by atoms with Crippen molar-refractivity contribution in [1.29, 1.82) is 0 Å². The molecule has 0 bridgehead atoms. The number of nitrogens with two attached hydrogens (primary N) is 1. The van der Waals surface area contributed by atoms with Gasteiger partial charge in [-0.05, 0) is 38.0 Å². The topological polar surface area (TPSA) is 93.4 Å². The van der Waals surface area contributed by atoms with Crippen molar-refractivity contribution in [2.45, 2.75) is 45.4 Å². The summed E-state index contributed by atoms with van der Waals surface area (Å²) in [5.74, 6) is 0.290. The summed E-state index contributed by atoms with van der Waals surface area (Å²) in [6.07, 6.45) is 0.133. The highest BCUT2D eigenvalue weighted by Gasteiger charge is 2.26. The second-order valence-electron chi connectivity index (χ2n) is 5.28. The van der Waals surface area contributed by atoms with E-state index in [-0.39, 0.29) is 30.3 Å². The Hall–Kier alpha value is -1.79. The van der Waals surface area contributed by atoms with Crippen molar-refractivity contribution in [2.24, 2.45) is 5.73 Å². The van der Waals surface area contributed by atoms with Crippen molar-refractivity contribution in [3.8, 4) is 5.75 Å². The third kappa shape index (κ3) is 3.90. The Labute approximate surface area is 136 Å². The van der Waals surface area contributed by atoms with Gasteiger partial charge in [0.25, 0.3) is 5.91 Å². The van der Waals surface area contributed by atoms with Crippen LogP contribution in [0.15, 0.2) is 18.2 Å². The number of amides is 2. The third-order valence-electron chi connectivity index (χ3n) is 3.47. The molecule has 22 heavy (non-hydrogen) atoms. The zero-order chi connectivity index (χ0) is 15.6. The van der Waals surface area contributed by atoms with Crippen LogP contribution in [-0.2, 0) is 9.59 Å².